The smallest absolute Gasteiger partial charge is 0.337 e. The quantitative estimate of drug-likeness (QED) is 0.511. The van der Waals surface area contributed by atoms with Gasteiger partial charge >= 0.3 is 5.97 Å². The highest BCUT2D eigenvalue weighted by Gasteiger charge is 2.35. The Hall–Kier alpha value is -1.41. The second-order valence-corrected chi connectivity index (χ2v) is 8.52. The number of esters is 1. The van der Waals surface area contributed by atoms with Gasteiger partial charge in [-0.15, -0.1) is 0 Å². The molecule has 1 heterocycles. The minimum absolute atomic E-state index is 0.257. The molecule has 0 saturated heterocycles. The van der Waals surface area contributed by atoms with Gasteiger partial charge in [-0.05, 0) is 80.5 Å². The summed E-state index contributed by atoms with van der Waals surface area (Å²) in [5.41, 5.74) is 3.39. The molecule has 6 heteroatoms. The van der Waals surface area contributed by atoms with Crippen molar-refractivity contribution in [3.63, 3.8) is 0 Å². The number of ether oxygens (including phenoxy) is 2. The van der Waals surface area contributed by atoms with E-state index >= 15 is 0 Å². The van der Waals surface area contributed by atoms with Gasteiger partial charge in [0.15, 0.2) is 0 Å². The molecule has 0 bridgehead atoms. The van der Waals surface area contributed by atoms with Gasteiger partial charge in [0.25, 0.3) is 0 Å². The molecule has 1 aliphatic rings. The molecule has 4 nitrogen and oxygen atoms in total. The maximum Gasteiger partial charge on any atom is 0.337 e. The van der Waals surface area contributed by atoms with Crippen LogP contribution in [0.5, 0.6) is 0 Å². The Balaban J connectivity index is 2.64. The third-order valence-corrected chi connectivity index (χ3v) is 5.09. The van der Waals surface area contributed by atoms with Crippen molar-refractivity contribution >= 4 is 28.6 Å². The first-order valence-corrected chi connectivity index (χ1v) is 9.47. The van der Waals surface area contributed by atoms with Gasteiger partial charge in [0.05, 0.1) is 17.9 Å². The van der Waals surface area contributed by atoms with Crippen LogP contribution in [0.15, 0.2) is 40.7 Å². The van der Waals surface area contributed by atoms with Crippen molar-refractivity contribution in [2.75, 3.05) is 13.7 Å². The molecule has 1 atom stereocenters. The number of benzene rings is 1. The Labute approximate surface area is 168 Å². The summed E-state index contributed by atoms with van der Waals surface area (Å²) in [6.07, 6.45) is 0. The third-order valence-electron chi connectivity index (χ3n) is 4.16. The topological polar surface area (TPSA) is 47.6 Å². The second kappa shape index (κ2) is 8.08. The van der Waals surface area contributed by atoms with Crippen molar-refractivity contribution in [1.82, 2.24) is 5.32 Å². The fourth-order valence-corrected chi connectivity index (χ4v) is 3.74. The lowest BCUT2D eigenvalue weighted by molar-refractivity contribution is -0.150. The van der Waals surface area contributed by atoms with Crippen molar-refractivity contribution in [1.29, 1.82) is 0 Å². The summed E-state index contributed by atoms with van der Waals surface area (Å²) >= 11 is 2.11. The molecule has 0 amide bonds. The zero-order chi connectivity index (χ0) is 19.6. The highest BCUT2D eigenvalue weighted by molar-refractivity contribution is 14.1. The van der Waals surface area contributed by atoms with E-state index < -0.39 is 11.6 Å². The second-order valence-electron chi connectivity index (χ2n) is 7.36. The molecule has 1 unspecified atom stereocenters. The summed E-state index contributed by atoms with van der Waals surface area (Å²) in [5.74, 6) is -1.01. The van der Waals surface area contributed by atoms with Crippen LogP contribution in [-0.2, 0) is 14.3 Å². The predicted octanol–water partition coefficient (Wildman–Crippen LogP) is 4.65. The van der Waals surface area contributed by atoms with Gasteiger partial charge < -0.3 is 14.8 Å². The number of hydrogen-bond acceptors (Lipinski definition) is 4. The Kier molecular flexibility index (Phi) is 6.50. The number of carbonyl (C=O) groups excluding carboxylic acids is 1. The van der Waals surface area contributed by atoms with E-state index in [0.29, 0.717) is 11.3 Å². The normalized spacial score (nSPS) is 18.1. The highest BCUT2D eigenvalue weighted by atomic mass is 127. The molecule has 1 aromatic rings. The fraction of sp³-hybridized carbons (Fsp3) is 0.450. The van der Waals surface area contributed by atoms with Crippen LogP contribution >= 0.6 is 22.6 Å². The first-order valence-electron chi connectivity index (χ1n) is 8.39. The molecule has 1 aromatic carbocycles. The summed E-state index contributed by atoms with van der Waals surface area (Å²) in [7, 11) is 1.58. The molecule has 0 aromatic heterocycles. The number of allylic oxidation sites excluding steroid dienone is 2. The van der Waals surface area contributed by atoms with Crippen molar-refractivity contribution in [2.24, 2.45) is 0 Å². The molecule has 0 saturated carbocycles. The third kappa shape index (κ3) is 4.65. The molecule has 1 aliphatic heterocycles. The highest BCUT2D eigenvalue weighted by Crippen LogP contribution is 2.40. The van der Waals surface area contributed by atoms with Crippen molar-refractivity contribution in [3.8, 4) is 0 Å². The van der Waals surface area contributed by atoms with E-state index in [1.807, 2.05) is 34.6 Å². The minimum atomic E-state index is -0.618. The Morgan fingerprint density at radius 1 is 1.31 bits per heavy atom. The zero-order valence-electron chi connectivity index (χ0n) is 16.0. The Morgan fingerprint density at radius 3 is 2.50 bits per heavy atom. The van der Waals surface area contributed by atoms with Gasteiger partial charge in [0.2, 0.25) is 0 Å². The number of carbonyl (C=O) groups is 1. The molecule has 142 valence electrons. The van der Waals surface area contributed by atoms with Gasteiger partial charge in [-0.3, -0.25) is 0 Å². The van der Waals surface area contributed by atoms with Gasteiger partial charge in [-0.1, -0.05) is 6.07 Å². The van der Waals surface area contributed by atoms with E-state index in [9.17, 15) is 9.18 Å². The lowest BCUT2D eigenvalue weighted by atomic mass is 9.81. The minimum Gasteiger partial charge on any atom is -0.457 e. The first kappa shape index (κ1) is 20.9. The molecule has 26 heavy (non-hydrogen) atoms. The van der Waals surface area contributed by atoms with Crippen molar-refractivity contribution in [3.05, 3.63) is 55.7 Å². The van der Waals surface area contributed by atoms with Crippen LogP contribution in [0, 0.1) is 9.39 Å². The van der Waals surface area contributed by atoms with E-state index in [1.165, 1.54) is 12.1 Å². The lowest BCUT2D eigenvalue weighted by Crippen LogP contribution is -2.34. The van der Waals surface area contributed by atoms with Gasteiger partial charge in [0, 0.05) is 22.3 Å². The van der Waals surface area contributed by atoms with Crippen LogP contribution in [0.25, 0.3) is 0 Å². The molecule has 0 aliphatic carbocycles. The van der Waals surface area contributed by atoms with Crippen LogP contribution in [0.2, 0.25) is 0 Å². The molecule has 0 fully saturated rings. The van der Waals surface area contributed by atoms with Crippen LogP contribution in [0.1, 0.15) is 46.1 Å². The largest absolute Gasteiger partial charge is 0.457 e. The van der Waals surface area contributed by atoms with Crippen molar-refractivity contribution < 1.29 is 18.7 Å². The van der Waals surface area contributed by atoms with Crippen LogP contribution < -0.4 is 5.32 Å². The molecular formula is C20H25FINO3. The summed E-state index contributed by atoms with van der Waals surface area (Å²) in [6.45, 7) is 9.70. The van der Waals surface area contributed by atoms with Gasteiger partial charge in [0.1, 0.15) is 11.4 Å². The first-order chi connectivity index (χ1) is 12.0. The number of hydrogen-bond donors (Lipinski definition) is 1. The van der Waals surface area contributed by atoms with E-state index in [0.717, 1.165) is 20.4 Å². The maximum absolute atomic E-state index is 13.6. The zero-order valence-corrected chi connectivity index (χ0v) is 18.2. The average molecular weight is 473 g/mol. The molecule has 1 N–H and O–H groups in total. The number of dihydropyridines is 1. The summed E-state index contributed by atoms with van der Waals surface area (Å²) in [4.78, 5) is 13.0. The average Bonchev–Trinajstić information content (AvgIpc) is 2.49. The standard InChI is InChI=1S/C20H25FINO3/c1-11-12(2)23-16(10-25-6)18(19(24)26-20(3,4)5)17(11)14-8-7-13(21)9-15(14)22/h7-9,17,23H,10H2,1-6H3. The Bertz CT molecular complexity index is 778. The summed E-state index contributed by atoms with van der Waals surface area (Å²) < 4.78 is 25.3. The maximum atomic E-state index is 13.6. The molecule has 2 rings (SSSR count). The fourth-order valence-electron chi connectivity index (χ4n) is 2.96. The number of nitrogens with one attached hydrogen (secondary N) is 1. The molecule has 0 spiro atoms. The summed E-state index contributed by atoms with van der Waals surface area (Å²) in [5, 5.41) is 3.27. The van der Waals surface area contributed by atoms with Crippen LogP contribution in [0.4, 0.5) is 4.39 Å². The SMILES string of the molecule is COCC1=C(C(=O)OC(C)(C)C)C(c2ccc(F)cc2I)C(C)=C(C)N1. The van der Waals surface area contributed by atoms with Gasteiger partial charge in [-0.2, -0.15) is 0 Å². The van der Waals surface area contributed by atoms with Crippen molar-refractivity contribution in [2.45, 2.75) is 46.1 Å². The number of halogens is 2. The molecule has 0 radical (unpaired) electrons. The van der Waals surface area contributed by atoms with E-state index in [1.54, 1.807) is 13.2 Å². The predicted molar refractivity (Wildman–Crippen MR) is 108 cm³/mol. The van der Waals surface area contributed by atoms with E-state index in [-0.39, 0.29) is 18.3 Å². The van der Waals surface area contributed by atoms with Gasteiger partial charge in [-0.25, -0.2) is 9.18 Å². The van der Waals surface area contributed by atoms with Crippen LogP contribution in [-0.4, -0.2) is 25.3 Å². The monoisotopic (exact) mass is 473 g/mol. The number of rotatable bonds is 4. The summed E-state index contributed by atoms with van der Waals surface area (Å²) in [6, 6.07) is 4.63. The number of methoxy groups -OCH3 is 1. The van der Waals surface area contributed by atoms with E-state index in [4.69, 9.17) is 9.47 Å². The Morgan fingerprint density at radius 2 is 1.96 bits per heavy atom. The van der Waals surface area contributed by atoms with E-state index in [2.05, 4.69) is 27.9 Å². The lowest BCUT2D eigenvalue weighted by Gasteiger charge is -2.33. The molecular weight excluding hydrogens is 448 g/mol. The van der Waals surface area contributed by atoms with Crippen LogP contribution in [0.3, 0.4) is 0 Å².